The van der Waals surface area contributed by atoms with Crippen LogP contribution in [-0.4, -0.2) is 50.1 Å². The van der Waals surface area contributed by atoms with Crippen LogP contribution in [0.1, 0.15) is 71.4 Å². The van der Waals surface area contributed by atoms with Crippen LogP contribution in [-0.2, 0) is 13.6 Å². The van der Waals surface area contributed by atoms with Gasteiger partial charge >= 0.3 is 5.69 Å². The molecule has 4 atom stereocenters. The van der Waals surface area contributed by atoms with Crippen molar-refractivity contribution in [2.75, 3.05) is 6.61 Å². The standard InChI is InChI=1S/C28H46N2O6Si2/c1-27(2,3)37(7,8)34-18-22-21(36-38(9,10)28(4,5)6)16-23(35-22)30-17-20(25(32)29-26(30)33)24(31)19-14-12-11-13-15-19/h11-15,17,21-24,31H,16,18H2,1-10H3,(H,29,32,33)/t21-,22+,23+,24+/m0/s1. The second-order valence-electron chi connectivity index (χ2n) is 13.4. The number of hydrogen-bond donors (Lipinski definition) is 2. The van der Waals surface area contributed by atoms with Crippen molar-refractivity contribution in [1.29, 1.82) is 0 Å². The van der Waals surface area contributed by atoms with Gasteiger partial charge < -0.3 is 18.7 Å². The van der Waals surface area contributed by atoms with Crippen LogP contribution in [0, 0.1) is 0 Å². The van der Waals surface area contributed by atoms with E-state index in [0.29, 0.717) is 18.6 Å². The lowest BCUT2D eigenvalue weighted by Crippen LogP contribution is -2.48. The van der Waals surface area contributed by atoms with E-state index in [1.54, 1.807) is 24.3 Å². The fraction of sp³-hybridized carbons (Fsp3) is 0.643. The molecule has 2 aromatic rings. The van der Waals surface area contributed by atoms with Crippen LogP contribution in [0.4, 0.5) is 0 Å². The highest BCUT2D eigenvalue weighted by molar-refractivity contribution is 6.74. The smallest absolute Gasteiger partial charge is 0.330 e. The molecule has 1 fully saturated rings. The summed E-state index contributed by atoms with van der Waals surface area (Å²) in [5.41, 5.74) is -0.550. The van der Waals surface area contributed by atoms with E-state index in [9.17, 15) is 14.7 Å². The van der Waals surface area contributed by atoms with E-state index < -0.39 is 40.2 Å². The first-order valence-corrected chi connectivity index (χ1v) is 19.2. The molecular formula is C28H46N2O6Si2. The zero-order chi connectivity index (χ0) is 28.7. The fourth-order valence-corrected chi connectivity index (χ4v) is 6.30. The molecule has 1 aliphatic rings. The van der Waals surface area contributed by atoms with E-state index in [0.717, 1.165) is 0 Å². The minimum atomic E-state index is -2.16. The average molecular weight is 563 g/mol. The summed E-state index contributed by atoms with van der Waals surface area (Å²) in [6, 6.07) is 8.89. The number of aliphatic hydroxyl groups is 1. The summed E-state index contributed by atoms with van der Waals surface area (Å²) in [5.74, 6) is 0. The van der Waals surface area contributed by atoms with Crippen molar-refractivity contribution in [3.63, 3.8) is 0 Å². The number of aromatic amines is 1. The maximum Gasteiger partial charge on any atom is 0.330 e. The molecule has 8 nitrogen and oxygen atoms in total. The molecule has 3 rings (SSSR count). The molecule has 1 aromatic heterocycles. The van der Waals surface area contributed by atoms with Crippen molar-refractivity contribution in [2.45, 2.75) is 109 Å². The molecular weight excluding hydrogens is 516 g/mol. The predicted octanol–water partition coefficient (Wildman–Crippen LogP) is 5.32. The number of hydrogen-bond acceptors (Lipinski definition) is 6. The molecule has 0 aliphatic carbocycles. The van der Waals surface area contributed by atoms with Gasteiger partial charge in [-0.05, 0) is 41.8 Å². The van der Waals surface area contributed by atoms with Gasteiger partial charge in [-0.15, -0.1) is 0 Å². The lowest BCUT2D eigenvalue weighted by atomic mass is 10.0. The summed E-state index contributed by atoms with van der Waals surface area (Å²) < 4.78 is 21.1. The van der Waals surface area contributed by atoms with Gasteiger partial charge in [0.05, 0.1) is 18.3 Å². The quantitative estimate of drug-likeness (QED) is 0.422. The Bertz CT molecular complexity index is 1210. The SMILES string of the molecule is CC(C)(C)[Si](C)(C)OC[C@H]1O[C@@H](n2cc([C@H](O)c3ccccc3)c(=O)[nH]c2=O)C[C@@H]1O[Si](C)(C)C(C)(C)C. The molecule has 38 heavy (non-hydrogen) atoms. The Morgan fingerprint density at radius 3 is 2.16 bits per heavy atom. The molecule has 2 heterocycles. The predicted molar refractivity (Wildman–Crippen MR) is 156 cm³/mol. The first-order valence-electron chi connectivity index (χ1n) is 13.4. The highest BCUT2D eigenvalue weighted by atomic mass is 28.4. The van der Waals surface area contributed by atoms with Gasteiger partial charge in [0.2, 0.25) is 0 Å². The molecule has 0 spiro atoms. The number of aromatic nitrogens is 2. The topological polar surface area (TPSA) is 103 Å². The number of nitrogens with one attached hydrogen (secondary N) is 1. The van der Waals surface area contributed by atoms with Crippen molar-refractivity contribution in [1.82, 2.24) is 9.55 Å². The molecule has 2 N–H and O–H groups in total. The summed E-state index contributed by atoms with van der Waals surface area (Å²) in [4.78, 5) is 28.0. The Morgan fingerprint density at radius 1 is 1.03 bits per heavy atom. The van der Waals surface area contributed by atoms with Crippen LogP contribution >= 0.6 is 0 Å². The van der Waals surface area contributed by atoms with Gasteiger partial charge in [-0.1, -0.05) is 71.9 Å². The van der Waals surface area contributed by atoms with Gasteiger partial charge in [0.15, 0.2) is 16.6 Å². The molecule has 0 saturated carbocycles. The van der Waals surface area contributed by atoms with Crippen LogP contribution in [0.3, 0.4) is 0 Å². The highest BCUT2D eigenvalue weighted by Crippen LogP contribution is 2.42. The zero-order valence-corrected chi connectivity index (χ0v) is 26.6. The van der Waals surface area contributed by atoms with Crippen LogP contribution in [0.2, 0.25) is 36.3 Å². The van der Waals surface area contributed by atoms with E-state index in [-0.39, 0.29) is 27.8 Å². The Balaban J connectivity index is 1.95. The second kappa shape index (κ2) is 11.0. The second-order valence-corrected chi connectivity index (χ2v) is 23.0. The Hall–Kier alpha value is -1.83. The van der Waals surface area contributed by atoms with E-state index in [4.69, 9.17) is 13.6 Å². The van der Waals surface area contributed by atoms with Gasteiger partial charge in [-0.2, -0.15) is 0 Å². The first kappa shape index (κ1) is 30.7. The van der Waals surface area contributed by atoms with Crippen LogP contribution in [0.15, 0.2) is 46.1 Å². The summed E-state index contributed by atoms with van der Waals surface area (Å²) in [6.07, 6.45) is -0.625. The summed E-state index contributed by atoms with van der Waals surface area (Å²) in [5, 5.41) is 11.0. The Labute approximate surface area is 228 Å². The molecule has 1 aliphatic heterocycles. The summed E-state index contributed by atoms with van der Waals surface area (Å²) in [7, 11) is -4.21. The lowest BCUT2D eigenvalue weighted by Gasteiger charge is -2.40. The number of benzene rings is 1. The number of H-pyrrole nitrogens is 1. The van der Waals surface area contributed by atoms with Crippen molar-refractivity contribution in [3.8, 4) is 0 Å². The third-order valence-electron chi connectivity index (χ3n) is 8.56. The van der Waals surface area contributed by atoms with Crippen molar-refractivity contribution in [2.24, 2.45) is 0 Å². The van der Waals surface area contributed by atoms with Gasteiger partial charge in [0.25, 0.3) is 5.56 Å². The Morgan fingerprint density at radius 2 is 1.61 bits per heavy atom. The van der Waals surface area contributed by atoms with Crippen LogP contribution in [0.5, 0.6) is 0 Å². The van der Waals surface area contributed by atoms with Crippen LogP contribution in [0.25, 0.3) is 0 Å². The van der Waals surface area contributed by atoms with E-state index in [1.165, 1.54) is 10.8 Å². The van der Waals surface area contributed by atoms with Gasteiger partial charge in [-0.25, -0.2) is 4.79 Å². The van der Waals surface area contributed by atoms with Crippen molar-refractivity contribution < 1.29 is 18.7 Å². The van der Waals surface area contributed by atoms with E-state index >= 15 is 0 Å². The van der Waals surface area contributed by atoms with Crippen LogP contribution < -0.4 is 11.2 Å². The number of rotatable bonds is 8. The molecule has 0 amide bonds. The highest BCUT2D eigenvalue weighted by Gasteiger charge is 2.46. The van der Waals surface area contributed by atoms with Gasteiger partial charge in [0, 0.05) is 12.6 Å². The minimum Gasteiger partial charge on any atom is -0.414 e. The molecule has 0 unspecified atom stereocenters. The van der Waals surface area contributed by atoms with E-state index in [2.05, 4.69) is 72.7 Å². The average Bonchev–Trinajstić information content (AvgIpc) is 3.18. The maximum absolute atomic E-state index is 12.9. The maximum atomic E-state index is 12.9. The molecule has 1 aromatic carbocycles. The summed E-state index contributed by atoms with van der Waals surface area (Å²) in [6.45, 7) is 22.3. The normalized spacial score (nSPS) is 22.0. The molecule has 212 valence electrons. The molecule has 0 radical (unpaired) electrons. The number of ether oxygens (including phenoxy) is 1. The largest absolute Gasteiger partial charge is 0.414 e. The van der Waals surface area contributed by atoms with Crippen molar-refractivity contribution >= 4 is 16.6 Å². The molecule has 1 saturated heterocycles. The van der Waals surface area contributed by atoms with Crippen molar-refractivity contribution in [3.05, 3.63) is 68.5 Å². The zero-order valence-electron chi connectivity index (χ0n) is 24.6. The summed E-state index contributed by atoms with van der Waals surface area (Å²) >= 11 is 0. The minimum absolute atomic E-state index is 0.00227. The number of aliphatic hydroxyl groups excluding tert-OH is 1. The van der Waals surface area contributed by atoms with E-state index in [1.807, 2.05) is 6.07 Å². The third-order valence-corrected chi connectivity index (χ3v) is 17.6. The van der Waals surface area contributed by atoms with Gasteiger partial charge in [-0.3, -0.25) is 14.3 Å². The third kappa shape index (κ3) is 6.66. The monoisotopic (exact) mass is 562 g/mol. The first-order chi connectivity index (χ1) is 17.3. The lowest BCUT2D eigenvalue weighted by molar-refractivity contribution is -0.0414. The Kier molecular flexibility index (Phi) is 8.87. The molecule has 10 heteroatoms. The molecule has 0 bridgehead atoms. The fourth-order valence-electron chi connectivity index (χ4n) is 3.93. The number of nitrogens with zero attached hydrogens (tertiary/aromatic N) is 1. The van der Waals surface area contributed by atoms with Gasteiger partial charge in [0.1, 0.15) is 18.4 Å².